The molecule has 0 unspecified atom stereocenters. The van der Waals surface area contributed by atoms with Crippen molar-refractivity contribution in [1.82, 2.24) is 5.32 Å². The Labute approximate surface area is 96.4 Å². The van der Waals surface area contributed by atoms with Crippen LogP contribution >= 0.6 is 0 Å². The Bertz CT molecular complexity index is 392. The molecule has 0 spiro atoms. The first-order chi connectivity index (χ1) is 7.61. The lowest BCUT2D eigenvalue weighted by molar-refractivity contribution is 0.0666. The minimum Gasteiger partial charge on any atom is -0.493 e. The molecule has 0 saturated heterocycles. The van der Waals surface area contributed by atoms with Crippen LogP contribution in [0, 0.1) is 12.8 Å². The highest BCUT2D eigenvalue weighted by atomic mass is 16.5. The second kappa shape index (κ2) is 4.07. The Morgan fingerprint density at radius 1 is 1.56 bits per heavy atom. The van der Waals surface area contributed by atoms with Gasteiger partial charge in [-0.3, -0.25) is 0 Å². The van der Waals surface area contributed by atoms with Crippen molar-refractivity contribution < 1.29 is 9.84 Å². The number of ether oxygens (including phenoxy) is 1. The van der Waals surface area contributed by atoms with Gasteiger partial charge >= 0.3 is 0 Å². The summed E-state index contributed by atoms with van der Waals surface area (Å²) in [5, 5.41) is 12.8. The van der Waals surface area contributed by atoms with E-state index in [0.717, 1.165) is 11.3 Å². The molecule has 0 saturated carbocycles. The molecule has 0 bridgehead atoms. The van der Waals surface area contributed by atoms with E-state index in [1.54, 1.807) is 0 Å². The molecular formula is C13H19NO2. The average molecular weight is 221 g/mol. The van der Waals surface area contributed by atoms with Crippen molar-refractivity contribution in [2.24, 2.45) is 5.92 Å². The van der Waals surface area contributed by atoms with Crippen molar-refractivity contribution in [2.75, 3.05) is 20.3 Å². The third-order valence-corrected chi connectivity index (χ3v) is 3.69. The molecule has 2 N–H and O–H groups in total. The number of aliphatic hydroxyl groups is 1. The van der Waals surface area contributed by atoms with Gasteiger partial charge in [-0.1, -0.05) is 17.7 Å². The lowest BCUT2D eigenvalue weighted by atomic mass is 9.78. The lowest BCUT2D eigenvalue weighted by Crippen LogP contribution is -2.50. The molecule has 1 heterocycles. The molecule has 0 aliphatic carbocycles. The van der Waals surface area contributed by atoms with Gasteiger partial charge in [0.1, 0.15) is 5.75 Å². The number of benzene rings is 1. The van der Waals surface area contributed by atoms with Gasteiger partial charge in [0.05, 0.1) is 18.8 Å². The van der Waals surface area contributed by atoms with Crippen LogP contribution in [-0.4, -0.2) is 25.4 Å². The SMILES string of the molecule is CN[C@@]1(C)c2cc(C)ccc2OC[C@H]1CO. The zero-order chi connectivity index (χ0) is 11.8. The molecule has 1 aliphatic rings. The first-order valence-electron chi connectivity index (χ1n) is 5.65. The third-order valence-electron chi connectivity index (χ3n) is 3.69. The molecule has 0 amide bonds. The summed E-state index contributed by atoms with van der Waals surface area (Å²) in [6.45, 7) is 4.88. The van der Waals surface area contributed by atoms with Gasteiger partial charge in [-0.2, -0.15) is 0 Å². The van der Waals surface area contributed by atoms with Crippen molar-refractivity contribution in [3.05, 3.63) is 29.3 Å². The van der Waals surface area contributed by atoms with E-state index in [4.69, 9.17) is 4.74 Å². The highest BCUT2D eigenvalue weighted by Crippen LogP contribution is 2.40. The van der Waals surface area contributed by atoms with Crippen LogP contribution in [0.2, 0.25) is 0 Å². The zero-order valence-electron chi connectivity index (χ0n) is 10.1. The van der Waals surface area contributed by atoms with E-state index in [1.165, 1.54) is 5.56 Å². The maximum absolute atomic E-state index is 9.43. The van der Waals surface area contributed by atoms with E-state index >= 15 is 0 Å². The molecule has 88 valence electrons. The minimum absolute atomic E-state index is 0.0896. The molecule has 3 heteroatoms. The summed E-state index contributed by atoms with van der Waals surface area (Å²) in [5.41, 5.74) is 2.14. The lowest BCUT2D eigenvalue weighted by Gasteiger charge is -2.42. The van der Waals surface area contributed by atoms with Crippen molar-refractivity contribution in [3.63, 3.8) is 0 Å². The van der Waals surface area contributed by atoms with E-state index in [0.29, 0.717) is 6.61 Å². The fourth-order valence-corrected chi connectivity index (χ4v) is 2.33. The van der Waals surface area contributed by atoms with Gasteiger partial charge in [-0.25, -0.2) is 0 Å². The molecule has 1 aliphatic heterocycles. The maximum atomic E-state index is 9.43. The second-order valence-electron chi connectivity index (χ2n) is 4.64. The fraction of sp³-hybridized carbons (Fsp3) is 0.538. The average Bonchev–Trinajstić information content (AvgIpc) is 2.30. The Morgan fingerprint density at radius 2 is 2.31 bits per heavy atom. The Hall–Kier alpha value is -1.06. The second-order valence-corrected chi connectivity index (χ2v) is 4.64. The molecule has 2 atom stereocenters. The van der Waals surface area contributed by atoms with E-state index in [2.05, 4.69) is 25.2 Å². The Balaban J connectivity index is 2.52. The van der Waals surface area contributed by atoms with Crippen LogP contribution in [0.3, 0.4) is 0 Å². The van der Waals surface area contributed by atoms with Crippen LogP contribution in [0.4, 0.5) is 0 Å². The number of fused-ring (bicyclic) bond motifs is 1. The molecule has 2 rings (SSSR count). The molecule has 3 nitrogen and oxygen atoms in total. The fourth-order valence-electron chi connectivity index (χ4n) is 2.33. The standard InChI is InChI=1S/C13H19NO2/c1-9-4-5-12-11(6-9)13(2,14-3)10(7-15)8-16-12/h4-6,10,14-15H,7-8H2,1-3H3/t10-,13-/m1/s1. The largest absolute Gasteiger partial charge is 0.493 e. The number of aliphatic hydroxyl groups excluding tert-OH is 1. The van der Waals surface area contributed by atoms with Crippen LogP contribution < -0.4 is 10.1 Å². The number of aryl methyl sites for hydroxylation is 1. The quantitative estimate of drug-likeness (QED) is 0.794. The highest BCUT2D eigenvalue weighted by molar-refractivity contribution is 5.43. The molecular weight excluding hydrogens is 202 g/mol. The predicted molar refractivity (Wildman–Crippen MR) is 63.7 cm³/mol. The Morgan fingerprint density at radius 3 is 2.94 bits per heavy atom. The summed E-state index contributed by atoms with van der Waals surface area (Å²) >= 11 is 0. The minimum atomic E-state index is -0.214. The maximum Gasteiger partial charge on any atom is 0.124 e. The van der Waals surface area contributed by atoms with Gasteiger partial charge in [0.15, 0.2) is 0 Å². The van der Waals surface area contributed by atoms with Crippen LogP contribution in [0.25, 0.3) is 0 Å². The highest BCUT2D eigenvalue weighted by Gasteiger charge is 2.40. The summed E-state index contributed by atoms with van der Waals surface area (Å²) in [6.07, 6.45) is 0. The van der Waals surface area contributed by atoms with Crippen molar-refractivity contribution in [2.45, 2.75) is 19.4 Å². The topological polar surface area (TPSA) is 41.5 Å². The molecule has 0 radical (unpaired) electrons. The number of hydrogen-bond donors (Lipinski definition) is 2. The zero-order valence-corrected chi connectivity index (χ0v) is 10.1. The first-order valence-corrected chi connectivity index (χ1v) is 5.65. The van der Waals surface area contributed by atoms with Crippen LogP contribution in [-0.2, 0) is 5.54 Å². The number of rotatable bonds is 2. The normalized spacial score (nSPS) is 28.4. The van der Waals surface area contributed by atoms with E-state index in [1.807, 2.05) is 19.2 Å². The van der Waals surface area contributed by atoms with Gasteiger partial charge in [-0.05, 0) is 27.0 Å². The van der Waals surface area contributed by atoms with Gasteiger partial charge < -0.3 is 15.2 Å². The van der Waals surface area contributed by atoms with Gasteiger partial charge in [0, 0.05) is 11.5 Å². The van der Waals surface area contributed by atoms with E-state index in [-0.39, 0.29) is 18.1 Å². The summed E-state index contributed by atoms with van der Waals surface area (Å²) in [7, 11) is 1.93. The smallest absolute Gasteiger partial charge is 0.124 e. The first kappa shape index (κ1) is 11.4. The van der Waals surface area contributed by atoms with Gasteiger partial charge in [-0.15, -0.1) is 0 Å². The molecule has 0 aromatic heterocycles. The summed E-state index contributed by atoms with van der Waals surface area (Å²) in [6, 6.07) is 6.19. The monoisotopic (exact) mass is 221 g/mol. The van der Waals surface area contributed by atoms with Gasteiger partial charge in [0.2, 0.25) is 0 Å². The van der Waals surface area contributed by atoms with E-state index < -0.39 is 0 Å². The summed E-state index contributed by atoms with van der Waals surface area (Å²) in [5.74, 6) is 1.01. The summed E-state index contributed by atoms with van der Waals surface area (Å²) < 4.78 is 5.68. The third kappa shape index (κ3) is 1.60. The Kier molecular flexibility index (Phi) is 2.91. The van der Waals surface area contributed by atoms with Crippen molar-refractivity contribution in [3.8, 4) is 5.75 Å². The van der Waals surface area contributed by atoms with Crippen LogP contribution in [0.15, 0.2) is 18.2 Å². The predicted octanol–water partition coefficient (Wildman–Crippen LogP) is 1.43. The molecule has 0 fully saturated rings. The molecule has 1 aromatic carbocycles. The van der Waals surface area contributed by atoms with Gasteiger partial charge in [0.25, 0.3) is 0 Å². The van der Waals surface area contributed by atoms with Crippen molar-refractivity contribution in [1.29, 1.82) is 0 Å². The van der Waals surface area contributed by atoms with E-state index in [9.17, 15) is 5.11 Å². The van der Waals surface area contributed by atoms with Crippen molar-refractivity contribution >= 4 is 0 Å². The number of hydrogen-bond acceptors (Lipinski definition) is 3. The molecule has 1 aromatic rings. The summed E-state index contributed by atoms with van der Waals surface area (Å²) in [4.78, 5) is 0. The van der Waals surface area contributed by atoms with Crippen LogP contribution in [0.5, 0.6) is 5.75 Å². The number of nitrogens with one attached hydrogen (secondary N) is 1. The van der Waals surface area contributed by atoms with Crippen LogP contribution in [0.1, 0.15) is 18.1 Å². The molecule has 16 heavy (non-hydrogen) atoms.